The molecule has 1 aliphatic rings. The molecule has 1 heterocycles. The van der Waals surface area contributed by atoms with Crippen molar-refractivity contribution in [3.8, 4) is 11.5 Å². The van der Waals surface area contributed by atoms with Crippen molar-refractivity contribution < 1.29 is 4.79 Å². The molecule has 2 nitrogen and oxygen atoms in total. The molecule has 12 heavy (non-hydrogen) atoms. The van der Waals surface area contributed by atoms with E-state index >= 15 is 0 Å². The second kappa shape index (κ2) is 2.95. The lowest BCUT2D eigenvalue weighted by Crippen LogP contribution is -2.56. The molecule has 1 saturated heterocycles. The number of amides is 1. The maximum absolute atomic E-state index is 10.8. The van der Waals surface area contributed by atoms with E-state index in [0.29, 0.717) is 0 Å². The van der Waals surface area contributed by atoms with Gasteiger partial charge in [0.25, 0.3) is 0 Å². The summed E-state index contributed by atoms with van der Waals surface area (Å²) in [5.41, 5.74) is 3.25. The van der Waals surface area contributed by atoms with Gasteiger partial charge in [0, 0.05) is 0 Å². The van der Waals surface area contributed by atoms with Gasteiger partial charge in [-0.2, -0.15) is 0 Å². The zero-order chi connectivity index (χ0) is 9.35. The molecule has 0 radical (unpaired) electrons. The molecule has 0 saturated carbocycles. The highest BCUT2D eigenvalue weighted by Gasteiger charge is 2.33. The fraction of sp³-hybridized carbons (Fsp3) is 0.667. The Morgan fingerprint density at radius 2 is 2.00 bits per heavy atom. The molecule has 1 aliphatic heterocycles. The summed E-state index contributed by atoms with van der Waals surface area (Å²) in [6, 6.07) is 0.115. The first-order valence-corrected chi connectivity index (χ1v) is 7.73. The summed E-state index contributed by atoms with van der Waals surface area (Å²) < 4.78 is 0. The number of carbonyl (C=O) groups is 1. The van der Waals surface area contributed by atoms with Crippen LogP contribution in [0.25, 0.3) is 0 Å². The molecule has 0 aromatic carbocycles. The largest absolute Gasteiger partial charge is 0.341 e. The van der Waals surface area contributed by atoms with E-state index in [2.05, 4.69) is 36.4 Å². The van der Waals surface area contributed by atoms with E-state index in [-0.39, 0.29) is 17.9 Å². The molecule has 0 spiro atoms. The lowest BCUT2D eigenvalue weighted by atomic mass is 9.94. The summed E-state index contributed by atoms with van der Waals surface area (Å²) in [4.78, 5) is 10.8. The molecule has 0 aliphatic carbocycles. The average molecular weight is 181 g/mol. The van der Waals surface area contributed by atoms with Crippen molar-refractivity contribution in [3.63, 3.8) is 0 Å². The van der Waals surface area contributed by atoms with Gasteiger partial charge in [-0.15, -0.1) is 5.54 Å². The maximum Gasteiger partial charge on any atom is 0.226 e. The van der Waals surface area contributed by atoms with Gasteiger partial charge in [-0.3, -0.25) is 4.79 Å². The minimum Gasteiger partial charge on any atom is -0.341 e. The van der Waals surface area contributed by atoms with Gasteiger partial charge in [0.15, 0.2) is 0 Å². The van der Waals surface area contributed by atoms with Gasteiger partial charge in [0.2, 0.25) is 5.91 Å². The van der Waals surface area contributed by atoms with Crippen molar-refractivity contribution in [2.45, 2.75) is 32.6 Å². The Bertz CT molecular complexity index is 256. The van der Waals surface area contributed by atoms with Crippen LogP contribution in [0.15, 0.2) is 0 Å². The normalized spacial score (nSPS) is 28.2. The van der Waals surface area contributed by atoms with Crippen LogP contribution in [0.1, 0.15) is 6.92 Å². The molecule has 0 bridgehead atoms. The fourth-order valence-electron chi connectivity index (χ4n) is 0.920. The number of rotatable bonds is 0. The van der Waals surface area contributed by atoms with Crippen molar-refractivity contribution in [3.05, 3.63) is 0 Å². The Kier molecular flexibility index (Phi) is 2.29. The smallest absolute Gasteiger partial charge is 0.226 e. The number of hydrogen-bond acceptors (Lipinski definition) is 1. The zero-order valence-electron chi connectivity index (χ0n) is 8.06. The Morgan fingerprint density at radius 3 is 2.33 bits per heavy atom. The molecule has 2 atom stereocenters. The van der Waals surface area contributed by atoms with Crippen LogP contribution in [-0.2, 0) is 4.79 Å². The molecular weight excluding hydrogens is 166 g/mol. The Morgan fingerprint density at radius 1 is 1.42 bits per heavy atom. The first kappa shape index (κ1) is 9.34. The number of nitrogens with one attached hydrogen (secondary N) is 1. The fourth-order valence-corrected chi connectivity index (χ4v) is 1.51. The highest BCUT2D eigenvalue weighted by molar-refractivity contribution is 6.83. The van der Waals surface area contributed by atoms with Gasteiger partial charge >= 0.3 is 0 Å². The van der Waals surface area contributed by atoms with Gasteiger partial charge in [-0.25, -0.2) is 0 Å². The maximum atomic E-state index is 10.8. The molecule has 1 N–H and O–H groups in total. The van der Waals surface area contributed by atoms with E-state index in [1.54, 1.807) is 0 Å². The summed E-state index contributed by atoms with van der Waals surface area (Å²) >= 11 is 0. The van der Waals surface area contributed by atoms with Crippen molar-refractivity contribution in [1.82, 2.24) is 5.32 Å². The Hall–Kier alpha value is -0.753. The monoisotopic (exact) mass is 181 g/mol. The minimum atomic E-state index is -1.27. The number of hydrogen-bond donors (Lipinski definition) is 1. The summed E-state index contributed by atoms with van der Waals surface area (Å²) in [6.07, 6.45) is 0. The molecule has 0 aromatic heterocycles. The molecule has 1 amide bonds. The van der Waals surface area contributed by atoms with Gasteiger partial charge in [0.1, 0.15) is 14.1 Å². The lowest BCUT2D eigenvalue weighted by Gasteiger charge is -2.30. The topological polar surface area (TPSA) is 29.1 Å². The van der Waals surface area contributed by atoms with Crippen LogP contribution < -0.4 is 5.32 Å². The van der Waals surface area contributed by atoms with E-state index < -0.39 is 8.07 Å². The van der Waals surface area contributed by atoms with E-state index in [1.807, 2.05) is 6.92 Å². The molecule has 1 rings (SSSR count). The van der Waals surface area contributed by atoms with Gasteiger partial charge < -0.3 is 5.32 Å². The first-order valence-electron chi connectivity index (χ1n) is 4.23. The van der Waals surface area contributed by atoms with E-state index in [0.717, 1.165) is 0 Å². The number of β-lactam (4-membered cyclic amide) rings is 1. The van der Waals surface area contributed by atoms with Gasteiger partial charge in [0.05, 0.1) is 5.92 Å². The van der Waals surface area contributed by atoms with Crippen LogP contribution >= 0.6 is 0 Å². The molecule has 3 heteroatoms. The van der Waals surface area contributed by atoms with Crippen LogP contribution in [0.5, 0.6) is 0 Å². The third kappa shape index (κ3) is 2.11. The SMILES string of the molecule is CC1C(=O)NC1C#C[Si](C)(C)C. The minimum absolute atomic E-state index is 0.0915. The summed E-state index contributed by atoms with van der Waals surface area (Å²) in [5, 5.41) is 2.77. The molecule has 2 unspecified atom stereocenters. The van der Waals surface area contributed by atoms with Crippen LogP contribution in [0, 0.1) is 17.4 Å². The predicted octanol–water partition coefficient (Wildman–Crippen LogP) is 1.00. The van der Waals surface area contributed by atoms with Crippen LogP contribution in [0.4, 0.5) is 0 Å². The first-order chi connectivity index (χ1) is 5.40. The van der Waals surface area contributed by atoms with Gasteiger partial charge in [-0.05, 0) is 0 Å². The lowest BCUT2D eigenvalue weighted by molar-refractivity contribution is -0.132. The molecule has 66 valence electrons. The average Bonchev–Trinajstić information content (AvgIpc) is 1.95. The highest BCUT2D eigenvalue weighted by Crippen LogP contribution is 2.12. The van der Waals surface area contributed by atoms with Gasteiger partial charge in [-0.1, -0.05) is 32.5 Å². The van der Waals surface area contributed by atoms with Crippen molar-refractivity contribution in [2.24, 2.45) is 5.92 Å². The molecular formula is C9H15NOSi. The van der Waals surface area contributed by atoms with Crippen LogP contribution in [0.3, 0.4) is 0 Å². The second-order valence-corrected chi connectivity index (χ2v) is 9.04. The van der Waals surface area contributed by atoms with Crippen molar-refractivity contribution >= 4 is 14.0 Å². The van der Waals surface area contributed by atoms with E-state index in [4.69, 9.17) is 0 Å². The van der Waals surface area contributed by atoms with Crippen molar-refractivity contribution in [2.75, 3.05) is 0 Å². The molecule has 1 fully saturated rings. The quantitative estimate of drug-likeness (QED) is 0.337. The zero-order valence-corrected chi connectivity index (χ0v) is 9.06. The third-order valence-corrected chi connectivity index (χ3v) is 2.71. The Labute approximate surface area is 74.7 Å². The van der Waals surface area contributed by atoms with E-state index in [1.165, 1.54) is 0 Å². The van der Waals surface area contributed by atoms with Crippen molar-refractivity contribution in [1.29, 1.82) is 0 Å². The van der Waals surface area contributed by atoms with E-state index in [9.17, 15) is 4.79 Å². The summed E-state index contributed by atoms with van der Waals surface area (Å²) in [6.45, 7) is 8.52. The standard InChI is InChI=1S/C9H15NOSi/c1-7-8(10-9(7)11)5-6-12(2,3)4/h7-8H,1-4H3,(H,10,11). The number of carbonyl (C=O) groups excluding carboxylic acids is 1. The highest BCUT2D eigenvalue weighted by atomic mass is 28.3. The molecule has 0 aromatic rings. The van der Waals surface area contributed by atoms with Crippen LogP contribution in [-0.4, -0.2) is 20.0 Å². The predicted molar refractivity (Wildman–Crippen MR) is 52.2 cm³/mol. The Balaban J connectivity index is 2.52. The summed E-state index contributed by atoms with van der Waals surface area (Å²) in [7, 11) is -1.27. The third-order valence-electron chi connectivity index (χ3n) is 1.81. The van der Waals surface area contributed by atoms with Crippen LogP contribution in [0.2, 0.25) is 19.6 Å². The second-order valence-electron chi connectivity index (χ2n) is 4.29. The summed E-state index contributed by atoms with van der Waals surface area (Å²) in [5.74, 6) is 3.34.